The number of carboxylic acids is 1. The van der Waals surface area contributed by atoms with Gasteiger partial charge in [0.1, 0.15) is 0 Å². The Morgan fingerprint density at radius 3 is 2.50 bits per heavy atom. The van der Waals surface area contributed by atoms with E-state index in [2.05, 4.69) is 17.4 Å². The van der Waals surface area contributed by atoms with E-state index in [0.29, 0.717) is 12.1 Å². The van der Waals surface area contributed by atoms with E-state index >= 15 is 0 Å². The molecule has 5 heteroatoms. The number of carbonyl (C=O) groups excluding carboxylic acids is 1. The Bertz CT molecular complexity index is 741. The smallest absolute Gasteiger partial charge is 0.335 e. The highest BCUT2D eigenvalue weighted by atomic mass is 32.2. The molecule has 2 aromatic carbocycles. The summed E-state index contributed by atoms with van der Waals surface area (Å²) in [5.74, 6) is -1.05. The zero-order valence-electron chi connectivity index (χ0n) is 13.2. The van der Waals surface area contributed by atoms with Crippen molar-refractivity contribution in [2.24, 2.45) is 0 Å². The van der Waals surface area contributed by atoms with Crippen molar-refractivity contribution in [1.29, 1.82) is 0 Å². The Hall–Kier alpha value is -2.27. The normalized spacial score (nSPS) is 14.8. The Kier molecular flexibility index (Phi) is 4.90. The molecule has 0 unspecified atom stereocenters. The molecule has 0 spiro atoms. The number of thioether (sulfide) groups is 1. The quantitative estimate of drug-likeness (QED) is 0.810. The van der Waals surface area contributed by atoms with Gasteiger partial charge in [-0.2, -0.15) is 0 Å². The van der Waals surface area contributed by atoms with Crippen molar-refractivity contribution in [3.8, 4) is 0 Å². The van der Waals surface area contributed by atoms with Gasteiger partial charge in [0.15, 0.2) is 0 Å². The fourth-order valence-corrected chi connectivity index (χ4v) is 3.76. The van der Waals surface area contributed by atoms with Gasteiger partial charge >= 0.3 is 5.97 Å². The summed E-state index contributed by atoms with van der Waals surface area (Å²) in [6.45, 7) is 0.643. The van der Waals surface area contributed by atoms with E-state index in [0.717, 1.165) is 12.8 Å². The summed E-state index contributed by atoms with van der Waals surface area (Å²) >= 11 is 1.82. The number of carboxylic acid groups (broad SMARTS) is 1. The second-order valence-corrected chi connectivity index (χ2v) is 7.60. The highest BCUT2D eigenvalue weighted by Gasteiger charge is 2.43. The Balaban J connectivity index is 1.52. The van der Waals surface area contributed by atoms with E-state index in [1.54, 1.807) is 18.2 Å². The molecule has 0 bridgehead atoms. The lowest BCUT2D eigenvalue weighted by Gasteiger charge is -2.16. The molecule has 1 aliphatic rings. The summed E-state index contributed by atoms with van der Waals surface area (Å²) < 4.78 is 0.111. The molecule has 0 atom stereocenters. The molecule has 1 aliphatic carbocycles. The summed E-state index contributed by atoms with van der Waals surface area (Å²) in [5.41, 5.74) is 0.923. The number of nitrogens with one attached hydrogen (secondary N) is 1. The van der Waals surface area contributed by atoms with Crippen molar-refractivity contribution < 1.29 is 14.7 Å². The lowest BCUT2D eigenvalue weighted by atomic mass is 10.1. The highest BCUT2D eigenvalue weighted by molar-refractivity contribution is 8.01. The minimum Gasteiger partial charge on any atom is -0.478 e. The molecule has 1 fully saturated rings. The maximum Gasteiger partial charge on any atom is 0.335 e. The molecular weight excluding hydrogens is 322 g/mol. The first kappa shape index (κ1) is 16.6. The summed E-state index contributed by atoms with van der Waals surface area (Å²) in [7, 11) is 0. The minimum absolute atomic E-state index is 0.0718. The van der Waals surface area contributed by atoms with Crippen LogP contribution in [-0.4, -0.2) is 28.3 Å². The Morgan fingerprint density at radius 2 is 1.83 bits per heavy atom. The van der Waals surface area contributed by atoms with Crippen molar-refractivity contribution in [2.45, 2.75) is 28.9 Å². The van der Waals surface area contributed by atoms with E-state index in [-0.39, 0.29) is 22.6 Å². The number of hydrogen-bond donors (Lipinski definition) is 2. The molecule has 124 valence electrons. The fraction of sp³-hybridized carbons (Fsp3) is 0.263. The maximum atomic E-state index is 12.2. The van der Waals surface area contributed by atoms with Gasteiger partial charge in [-0.3, -0.25) is 4.79 Å². The second kappa shape index (κ2) is 7.09. The van der Waals surface area contributed by atoms with Crippen LogP contribution in [0.3, 0.4) is 0 Å². The molecule has 1 amide bonds. The van der Waals surface area contributed by atoms with Gasteiger partial charge in [-0.25, -0.2) is 4.79 Å². The molecule has 3 rings (SSSR count). The topological polar surface area (TPSA) is 66.4 Å². The first-order valence-corrected chi connectivity index (χ1v) is 8.71. The first-order chi connectivity index (χ1) is 11.6. The van der Waals surface area contributed by atoms with Crippen LogP contribution in [0.2, 0.25) is 0 Å². The third kappa shape index (κ3) is 4.38. The molecule has 2 N–H and O–H groups in total. The number of rotatable bonds is 7. The number of aromatic carboxylic acids is 1. The zero-order valence-corrected chi connectivity index (χ0v) is 14.0. The average molecular weight is 341 g/mol. The van der Waals surface area contributed by atoms with E-state index < -0.39 is 5.97 Å². The van der Waals surface area contributed by atoms with Crippen molar-refractivity contribution in [1.82, 2.24) is 5.32 Å². The zero-order chi connectivity index (χ0) is 17.0. The van der Waals surface area contributed by atoms with Crippen LogP contribution in [0.5, 0.6) is 0 Å². The summed E-state index contributed by atoms with van der Waals surface area (Å²) in [6.07, 6.45) is 2.40. The van der Waals surface area contributed by atoms with Gasteiger partial charge in [0, 0.05) is 16.2 Å². The van der Waals surface area contributed by atoms with Crippen molar-refractivity contribution >= 4 is 23.6 Å². The summed E-state index contributed by atoms with van der Waals surface area (Å²) in [4.78, 5) is 24.3. The van der Waals surface area contributed by atoms with Gasteiger partial charge < -0.3 is 10.4 Å². The van der Waals surface area contributed by atoms with E-state index in [4.69, 9.17) is 5.11 Å². The molecular formula is C19H19NO3S. The third-order valence-corrected chi connectivity index (χ3v) is 5.53. The monoisotopic (exact) mass is 341 g/mol. The van der Waals surface area contributed by atoms with Gasteiger partial charge in [0.05, 0.1) is 12.0 Å². The first-order valence-electron chi connectivity index (χ1n) is 7.89. The van der Waals surface area contributed by atoms with Gasteiger partial charge in [-0.05, 0) is 42.7 Å². The van der Waals surface area contributed by atoms with Crippen LogP contribution >= 0.6 is 11.8 Å². The maximum absolute atomic E-state index is 12.2. The molecule has 4 nitrogen and oxygen atoms in total. The molecule has 0 saturated heterocycles. The molecule has 0 aliphatic heterocycles. The lowest BCUT2D eigenvalue weighted by Crippen LogP contribution is -2.32. The summed E-state index contributed by atoms with van der Waals surface area (Å²) in [6, 6.07) is 16.7. The van der Waals surface area contributed by atoms with Crippen LogP contribution in [0.1, 0.15) is 28.8 Å². The molecule has 2 aromatic rings. The van der Waals surface area contributed by atoms with Crippen LogP contribution in [0.25, 0.3) is 0 Å². The molecule has 0 aromatic heterocycles. The van der Waals surface area contributed by atoms with Crippen LogP contribution in [-0.2, 0) is 11.2 Å². The second-order valence-electron chi connectivity index (χ2n) is 6.06. The van der Waals surface area contributed by atoms with Crippen LogP contribution in [0.4, 0.5) is 0 Å². The Labute approximate surface area is 145 Å². The number of hydrogen-bond acceptors (Lipinski definition) is 3. The predicted molar refractivity (Wildman–Crippen MR) is 94.4 cm³/mol. The fourth-order valence-electron chi connectivity index (χ4n) is 2.51. The third-order valence-electron chi connectivity index (χ3n) is 4.03. The highest BCUT2D eigenvalue weighted by Crippen LogP contribution is 2.51. The van der Waals surface area contributed by atoms with E-state index in [1.165, 1.54) is 11.0 Å². The van der Waals surface area contributed by atoms with Crippen molar-refractivity contribution in [3.63, 3.8) is 0 Å². The van der Waals surface area contributed by atoms with Crippen LogP contribution < -0.4 is 5.32 Å². The van der Waals surface area contributed by atoms with Crippen molar-refractivity contribution in [2.75, 3.05) is 6.54 Å². The molecule has 1 saturated carbocycles. The average Bonchev–Trinajstić information content (AvgIpc) is 3.34. The predicted octanol–water partition coefficient (Wildman–Crippen LogP) is 3.37. The number of amides is 1. The van der Waals surface area contributed by atoms with Crippen LogP contribution in [0.15, 0.2) is 59.5 Å². The molecule has 24 heavy (non-hydrogen) atoms. The SMILES string of the molecule is O=C(Cc1cccc(C(=O)O)c1)NCC1(Sc2ccccc2)CC1. The summed E-state index contributed by atoms with van der Waals surface area (Å²) in [5, 5.41) is 12.0. The largest absolute Gasteiger partial charge is 0.478 e. The number of benzene rings is 2. The van der Waals surface area contributed by atoms with E-state index in [1.807, 2.05) is 30.0 Å². The lowest BCUT2D eigenvalue weighted by molar-refractivity contribution is -0.120. The standard InChI is InChI=1S/C19H19NO3S/c21-17(12-14-5-4-6-15(11-14)18(22)23)20-13-19(9-10-19)24-16-7-2-1-3-8-16/h1-8,11H,9-10,12-13H2,(H,20,21)(H,22,23). The minimum atomic E-state index is -0.978. The number of carbonyl (C=O) groups is 2. The van der Waals surface area contributed by atoms with Gasteiger partial charge in [-0.15, -0.1) is 11.8 Å². The van der Waals surface area contributed by atoms with Gasteiger partial charge in [0.25, 0.3) is 0 Å². The molecule has 0 radical (unpaired) electrons. The van der Waals surface area contributed by atoms with E-state index in [9.17, 15) is 9.59 Å². The van der Waals surface area contributed by atoms with Crippen LogP contribution in [0, 0.1) is 0 Å². The van der Waals surface area contributed by atoms with Crippen molar-refractivity contribution in [3.05, 3.63) is 65.7 Å². The van der Waals surface area contributed by atoms with Gasteiger partial charge in [-0.1, -0.05) is 30.3 Å². The molecule has 0 heterocycles. The Morgan fingerprint density at radius 1 is 1.08 bits per heavy atom. The van der Waals surface area contributed by atoms with Gasteiger partial charge in [0.2, 0.25) is 5.91 Å².